The largest absolute Gasteiger partial charge is 0.472 e. The summed E-state index contributed by atoms with van der Waals surface area (Å²) >= 11 is 0. The minimum absolute atomic E-state index is 0.0408. The van der Waals surface area contributed by atoms with E-state index in [1.165, 1.54) is 57.8 Å². The molecular formula is C46H82N2O6P+. The molecular weight excluding hydrogens is 707 g/mol. The Balaban J connectivity index is 4.63. The number of hydrogen-bond acceptors (Lipinski definition) is 5. The third-order valence-corrected chi connectivity index (χ3v) is 9.81. The maximum Gasteiger partial charge on any atom is 0.472 e. The number of amides is 1. The van der Waals surface area contributed by atoms with Crippen LogP contribution < -0.4 is 5.32 Å². The van der Waals surface area contributed by atoms with Crippen LogP contribution in [0.3, 0.4) is 0 Å². The van der Waals surface area contributed by atoms with Crippen molar-refractivity contribution in [3.8, 4) is 0 Å². The summed E-state index contributed by atoms with van der Waals surface area (Å²) < 4.78 is 23.5. The van der Waals surface area contributed by atoms with Crippen LogP contribution in [-0.4, -0.2) is 73.4 Å². The van der Waals surface area contributed by atoms with Gasteiger partial charge >= 0.3 is 7.82 Å². The van der Waals surface area contributed by atoms with Gasteiger partial charge in [-0.05, 0) is 83.5 Å². The Morgan fingerprint density at radius 1 is 0.636 bits per heavy atom. The molecule has 1 amide bonds. The Kier molecular flexibility index (Phi) is 35.7. The lowest BCUT2D eigenvalue weighted by Crippen LogP contribution is -2.45. The monoisotopic (exact) mass is 790 g/mol. The molecule has 8 nitrogen and oxygen atoms in total. The molecule has 316 valence electrons. The van der Waals surface area contributed by atoms with E-state index in [4.69, 9.17) is 9.05 Å². The molecule has 3 unspecified atom stereocenters. The number of unbranched alkanes of at least 4 members (excludes halogenated alkanes) is 12. The maximum absolute atomic E-state index is 12.8. The van der Waals surface area contributed by atoms with E-state index < -0.39 is 20.0 Å². The Morgan fingerprint density at radius 3 is 1.67 bits per heavy atom. The summed E-state index contributed by atoms with van der Waals surface area (Å²) in [4.78, 5) is 23.1. The summed E-state index contributed by atoms with van der Waals surface area (Å²) in [7, 11) is 1.50. The Morgan fingerprint density at radius 2 is 1.11 bits per heavy atom. The molecule has 0 aromatic heterocycles. The number of nitrogens with one attached hydrogen (secondary N) is 1. The summed E-state index contributed by atoms with van der Waals surface area (Å²) in [6, 6.07) is -0.895. The maximum atomic E-state index is 12.8. The van der Waals surface area contributed by atoms with Crippen molar-refractivity contribution in [2.75, 3.05) is 40.9 Å². The SMILES string of the molecule is CC/C=C\C/C=C\C/C=C\C/C=C\CCCCC(=O)NC(COP(=O)(O)OCC[N+](C)(C)C)C(O)/C=C/CC/C=C/CC/C=C/CCCCCCCCCC. The van der Waals surface area contributed by atoms with Crippen molar-refractivity contribution in [2.24, 2.45) is 0 Å². The minimum Gasteiger partial charge on any atom is -0.387 e. The van der Waals surface area contributed by atoms with Crippen LogP contribution in [0.25, 0.3) is 0 Å². The third-order valence-electron chi connectivity index (χ3n) is 8.83. The highest BCUT2D eigenvalue weighted by atomic mass is 31.2. The Labute approximate surface area is 337 Å². The standard InChI is InChI=1S/C46H81N2O6P/c1-6-8-10-12-14-16-18-20-22-23-24-26-27-29-31-33-35-37-39-45(49)44(43-54-55(51,52)53-42-41-48(3,4)5)47-46(50)40-38-36-34-32-30-28-25-21-19-17-15-13-11-9-7-2/h9,11,15,17,21,23-25,29-32,37,39,44-45,49H,6-8,10,12-14,16,18-20,22,26-28,33-36,38,40-43H2,1-5H3,(H-,47,50,51,52)/p+1/b11-9-,17-15-,24-23+,25-21-,31-29+,32-30-,39-37+. The highest BCUT2D eigenvalue weighted by Gasteiger charge is 2.27. The van der Waals surface area contributed by atoms with Crippen LogP contribution in [0.2, 0.25) is 0 Å². The topological polar surface area (TPSA) is 105 Å². The molecule has 0 bridgehead atoms. The van der Waals surface area contributed by atoms with Gasteiger partial charge in [0.15, 0.2) is 0 Å². The van der Waals surface area contributed by atoms with Gasteiger partial charge in [0.2, 0.25) is 5.91 Å². The first-order chi connectivity index (χ1) is 26.5. The number of aliphatic hydroxyl groups excluding tert-OH is 1. The van der Waals surface area contributed by atoms with E-state index in [2.05, 4.69) is 92.1 Å². The summed E-state index contributed by atoms with van der Waals surface area (Å²) in [6.07, 6.45) is 50.9. The van der Waals surface area contributed by atoms with Gasteiger partial charge in [0.1, 0.15) is 13.2 Å². The van der Waals surface area contributed by atoms with Gasteiger partial charge in [-0.15, -0.1) is 0 Å². The van der Waals surface area contributed by atoms with Gasteiger partial charge < -0.3 is 19.8 Å². The lowest BCUT2D eigenvalue weighted by Gasteiger charge is -2.25. The summed E-state index contributed by atoms with van der Waals surface area (Å²) in [5, 5.41) is 13.7. The van der Waals surface area contributed by atoms with Crippen molar-refractivity contribution >= 4 is 13.7 Å². The van der Waals surface area contributed by atoms with Crippen LogP contribution in [-0.2, 0) is 18.4 Å². The second-order valence-electron chi connectivity index (χ2n) is 15.3. The fourth-order valence-electron chi connectivity index (χ4n) is 5.41. The van der Waals surface area contributed by atoms with Gasteiger partial charge in [0.25, 0.3) is 0 Å². The number of nitrogens with zero attached hydrogens (tertiary/aromatic N) is 1. The van der Waals surface area contributed by atoms with Crippen molar-refractivity contribution in [1.82, 2.24) is 5.32 Å². The predicted molar refractivity (Wildman–Crippen MR) is 235 cm³/mol. The molecule has 3 N–H and O–H groups in total. The van der Waals surface area contributed by atoms with E-state index in [1.54, 1.807) is 6.08 Å². The molecule has 0 saturated heterocycles. The number of carbonyl (C=O) groups excluding carboxylic acids is 1. The van der Waals surface area contributed by atoms with Gasteiger partial charge in [-0.25, -0.2) is 4.57 Å². The fraction of sp³-hybridized carbons (Fsp3) is 0.674. The number of hydrogen-bond donors (Lipinski definition) is 3. The fourth-order valence-corrected chi connectivity index (χ4v) is 6.15. The molecule has 0 radical (unpaired) electrons. The van der Waals surface area contributed by atoms with Crippen molar-refractivity contribution in [3.63, 3.8) is 0 Å². The van der Waals surface area contributed by atoms with Crippen LogP contribution in [0.1, 0.15) is 149 Å². The van der Waals surface area contributed by atoms with Crippen molar-refractivity contribution < 1.29 is 32.9 Å². The second kappa shape index (κ2) is 37.3. The van der Waals surface area contributed by atoms with Crippen molar-refractivity contribution in [3.05, 3.63) is 85.1 Å². The third kappa shape index (κ3) is 39.7. The minimum atomic E-state index is -4.36. The highest BCUT2D eigenvalue weighted by Crippen LogP contribution is 2.43. The second-order valence-corrected chi connectivity index (χ2v) is 16.8. The Hall–Kier alpha value is -2.32. The van der Waals surface area contributed by atoms with Crippen LogP contribution >= 0.6 is 7.82 Å². The molecule has 9 heteroatoms. The van der Waals surface area contributed by atoms with E-state index in [0.717, 1.165) is 64.2 Å². The van der Waals surface area contributed by atoms with Gasteiger partial charge in [-0.1, -0.05) is 144 Å². The van der Waals surface area contributed by atoms with Gasteiger partial charge in [0.05, 0.1) is 39.9 Å². The predicted octanol–water partition coefficient (Wildman–Crippen LogP) is 11.8. The zero-order valence-electron chi connectivity index (χ0n) is 35.6. The lowest BCUT2D eigenvalue weighted by atomic mass is 10.1. The molecule has 0 heterocycles. The van der Waals surface area contributed by atoms with Crippen LogP contribution in [0, 0.1) is 0 Å². The summed E-state index contributed by atoms with van der Waals surface area (Å²) in [5.41, 5.74) is 0. The summed E-state index contributed by atoms with van der Waals surface area (Å²) in [5.74, 6) is -0.236. The van der Waals surface area contributed by atoms with Crippen molar-refractivity contribution in [1.29, 1.82) is 0 Å². The number of rotatable bonds is 37. The molecule has 0 aliphatic heterocycles. The average molecular weight is 790 g/mol. The van der Waals surface area contributed by atoms with E-state index in [-0.39, 0.29) is 25.5 Å². The van der Waals surface area contributed by atoms with Crippen LogP contribution in [0.4, 0.5) is 0 Å². The van der Waals surface area contributed by atoms with Gasteiger partial charge in [-0.2, -0.15) is 0 Å². The molecule has 55 heavy (non-hydrogen) atoms. The van der Waals surface area contributed by atoms with Crippen LogP contribution in [0.15, 0.2) is 85.1 Å². The van der Waals surface area contributed by atoms with E-state index >= 15 is 0 Å². The number of allylic oxidation sites excluding steroid dienone is 13. The first kappa shape index (κ1) is 52.7. The number of phosphoric ester groups is 1. The molecule has 0 aromatic carbocycles. The smallest absolute Gasteiger partial charge is 0.387 e. The van der Waals surface area contributed by atoms with Crippen LogP contribution in [0.5, 0.6) is 0 Å². The number of likely N-dealkylation sites (N-methyl/N-ethyl adjacent to an activating group) is 1. The lowest BCUT2D eigenvalue weighted by molar-refractivity contribution is -0.870. The molecule has 0 aliphatic carbocycles. The number of carbonyl (C=O) groups is 1. The normalized spacial score (nSPS) is 15.3. The quantitative estimate of drug-likeness (QED) is 0.0251. The number of aliphatic hydroxyl groups is 1. The van der Waals surface area contributed by atoms with Crippen molar-refractivity contribution in [2.45, 2.75) is 161 Å². The molecule has 0 spiro atoms. The molecule has 3 atom stereocenters. The first-order valence-corrected chi connectivity index (χ1v) is 23.0. The number of quaternary nitrogens is 1. The highest BCUT2D eigenvalue weighted by molar-refractivity contribution is 7.47. The number of phosphoric acid groups is 1. The van der Waals surface area contributed by atoms with E-state index in [9.17, 15) is 19.4 Å². The zero-order chi connectivity index (χ0) is 40.7. The first-order valence-electron chi connectivity index (χ1n) is 21.5. The van der Waals surface area contributed by atoms with E-state index in [0.29, 0.717) is 17.4 Å². The molecule has 0 aromatic rings. The van der Waals surface area contributed by atoms with Gasteiger partial charge in [-0.3, -0.25) is 13.8 Å². The van der Waals surface area contributed by atoms with E-state index in [1.807, 2.05) is 27.2 Å². The zero-order valence-corrected chi connectivity index (χ0v) is 36.5. The Bertz CT molecular complexity index is 1170. The molecule has 0 fully saturated rings. The molecule has 0 saturated carbocycles. The average Bonchev–Trinajstić information content (AvgIpc) is 3.13. The molecule has 0 aliphatic rings. The summed E-state index contributed by atoms with van der Waals surface area (Å²) in [6.45, 7) is 4.60. The molecule has 0 rings (SSSR count). The van der Waals surface area contributed by atoms with Gasteiger partial charge in [0, 0.05) is 6.42 Å².